The Labute approximate surface area is 151 Å². The molecule has 0 spiro atoms. The Kier molecular flexibility index (Phi) is 5.50. The van der Waals surface area contributed by atoms with Gasteiger partial charge in [0.05, 0.1) is 12.7 Å². The van der Waals surface area contributed by atoms with E-state index < -0.39 is 5.97 Å². The standard InChI is InChI=1S/C19H21NO4S/c1-23-18(22)15-4-2-14(3-5-15)17(21)20-13-19(7-9-24-10-8-19)16-6-11-25-12-16/h2-6,11-12H,7-10,13H2,1H3,(H,20,21). The summed E-state index contributed by atoms with van der Waals surface area (Å²) in [6.07, 6.45) is 1.79. The van der Waals surface area contributed by atoms with Gasteiger partial charge in [0.15, 0.2) is 0 Å². The van der Waals surface area contributed by atoms with Gasteiger partial charge in [-0.2, -0.15) is 11.3 Å². The fourth-order valence-corrected chi connectivity index (χ4v) is 3.90. The van der Waals surface area contributed by atoms with Crippen molar-refractivity contribution in [2.45, 2.75) is 18.3 Å². The summed E-state index contributed by atoms with van der Waals surface area (Å²) >= 11 is 1.67. The van der Waals surface area contributed by atoms with Crippen molar-refractivity contribution in [3.63, 3.8) is 0 Å². The van der Waals surface area contributed by atoms with E-state index in [4.69, 9.17) is 4.74 Å². The molecule has 2 heterocycles. The van der Waals surface area contributed by atoms with Crippen LogP contribution in [0.1, 0.15) is 39.1 Å². The molecule has 2 aromatic rings. The van der Waals surface area contributed by atoms with Crippen LogP contribution < -0.4 is 5.32 Å². The molecule has 1 amide bonds. The Hall–Kier alpha value is -2.18. The van der Waals surface area contributed by atoms with Crippen LogP contribution in [0.25, 0.3) is 0 Å². The molecule has 0 unspecified atom stereocenters. The van der Waals surface area contributed by atoms with Crippen molar-refractivity contribution >= 4 is 23.2 Å². The summed E-state index contributed by atoms with van der Waals surface area (Å²) in [7, 11) is 1.33. The number of rotatable bonds is 5. The van der Waals surface area contributed by atoms with Crippen molar-refractivity contribution in [1.82, 2.24) is 5.32 Å². The molecule has 0 radical (unpaired) electrons. The van der Waals surface area contributed by atoms with Crippen molar-refractivity contribution in [1.29, 1.82) is 0 Å². The quantitative estimate of drug-likeness (QED) is 0.834. The topological polar surface area (TPSA) is 64.6 Å². The molecule has 0 bridgehead atoms. The number of nitrogens with one attached hydrogen (secondary N) is 1. The first-order chi connectivity index (χ1) is 12.1. The molecule has 1 fully saturated rings. The van der Waals surface area contributed by atoms with Gasteiger partial charge in [-0.3, -0.25) is 4.79 Å². The lowest BCUT2D eigenvalue weighted by Crippen LogP contribution is -2.44. The molecule has 1 saturated heterocycles. The van der Waals surface area contributed by atoms with Crippen molar-refractivity contribution in [3.8, 4) is 0 Å². The molecular formula is C19H21NO4S. The maximum Gasteiger partial charge on any atom is 0.337 e. The highest BCUT2D eigenvalue weighted by Gasteiger charge is 2.35. The number of ether oxygens (including phenoxy) is 2. The molecule has 5 nitrogen and oxygen atoms in total. The van der Waals surface area contributed by atoms with Gasteiger partial charge in [-0.1, -0.05) is 0 Å². The third kappa shape index (κ3) is 3.91. The summed E-state index contributed by atoms with van der Waals surface area (Å²) < 4.78 is 10.2. The largest absolute Gasteiger partial charge is 0.465 e. The lowest BCUT2D eigenvalue weighted by atomic mass is 9.75. The van der Waals surface area contributed by atoms with Crippen LogP contribution in [0.3, 0.4) is 0 Å². The highest BCUT2D eigenvalue weighted by Crippen LogP contribution is 2.35. The SMILES string of the molecule is COC(=O)c1ccc(C(=O)NCC2(c3ccsc3)CCOCC2)cc1. The fourth-order valence-electron chi connectivity index (χ4n) is 3.12. The summed E-state index contributed by atoms with van der Waals surface area (Å²) in [6, 6.07) is 8.62. The van der Waals surface area contributed by atoms with Crippen LogP contribution in [0.4, 0.5) is 0 Å². The van der Waals surface area contributed by atoms with Gasteiger partial charge in [0.2, 0.25) is 0 Å². The number of carbonyl (C=O) groups is 2. The number of esters is 1. The Morgan fingerprint density at radius 1 is 1.16 bits per heavy atom. The molecule has 1 aliphatic heterocycles. The smallest absolute Gasteiger partial charge is 0.337 e. The second-order valence-electron chi connectivity index (χ2n) is 6.16. The Bertz CT molecular complexity index is 718. The Balaban J connectivity index is 1.68. The van der Waals surface area contributed by atoms with Crippen molar-refractivity contribution < 1.29 is 19.1 Å². The van der Waals surface area contributed by atoms with Gasteiger partial charge in [-0.05, 0) is 59.5 Å². The number of hydrogen-bond donors (Lipinski definition) is 1. The van der Waals surface area contributed by atoms with Gasteiger partial charge >= 0.3 is 5.97 Å². The van der Waals surface area contributed by atoms with E-state index in [9.17, 15) is 9.59 Å². The number of benzene rings is 1. The van der Waals surface area contributed by atoms with Gasteiger partial charge < -0.3 is 14.8 Å². The molecule has 1 aromatic carbocycles. The number of hydrogen-bond acceptors (Lipinski definition) is 5. The molecule has 0 aliphatic carbocycles. The Morgan fingerprint density at radius 3 is 2.44 bits per heavy atom. The average Bonchev–Trinajstić information content (AvgIpc) is 3.22. The maximum absolute atomic E-state index is 12.5. The van der Waals surface area contributed by atoms with Crippen LogP contribution in [0.5, 0.6) is 0 Å². The minimum atomic E-state index is -0.412. The van der Waals surface area contributed by atoms with Crippen LogP contribution in [0.2, 0.25) is 0 Å². The van der Waals surface area contributed by atoms with Gasteiger partial charge in [-0.25, -0.2) is 4.79 Å². The van der Waals surface area contributed by atoms with Crippen LogP contribution in [-0.4, -0.2) is 38.7 Å². The van der Waals surface area contributed by atoms with Gasteiger partial charge in [0.1, 0.15) is 0 Å². The zero-order valence-corrected chi connectivity index (χ0v) is 14.9. The lowest BCUT2D eigenvalue weighted by molar-refractivity contribution is 0.0488. The van der Waals surface area contributed by atoms with Crippen molar-refractivity contribution in [2.75, 3.05) is 26.9 Å². The van der Waals surface area contributed by atoms with Crippen molar-refractivity contribution in [2.24, 2.45) is 0 Å². The molecule has 1 N–H and O–H groups in total. The molecule has 1 aromatic heterocycles. The second-order valence-corrected chi connectivity index (χ2v) is 6.94. The minimum absolute atomic E-state index is 0.0696. The van der Waals surface area contributed by atoms with E-state index in [1.165, 1.54) is 12.7 Å². The number of thiophene rings is 1. The number of carbonyl (C=O) groups excluding carboxylic acids is 2. The Morgan fingerprint density at radius 2 is 1.84 bits per heavy atom. The fraction of sp³-hybridized carbons (Fsp3) is 0.368. The van der Waals surface area contributed by atoms with E-state index in [1.807, 2.05) is 0 Å². The zero-order valence-electron chi connectivity index (χ0n) is 14.1. The molecule has 1 aliphatic rings. The molecule has 132 valence electrons. The minimum Gasteiger partial charge on any atom is -0.465 e. The van der Waals surface area contributed by atoms with Crippen LogP contribution in [0, 0.1) is 0 Å². The van der Waals surface area contributed by atoms with Crippen LogP contribution >= 0.6 is 11.3 Å². The predicted octanol–water partition coefficient (Wildman–Crippen LogP) is 3.01. The van der Waals surface area contributed by atoms with E-state index >= 15 is 0 Å². The molecule has 3 rings (SSSR count). The zero-order chi connectivity index (χ0) is 17.7. The number of methoxy groups -OCH3 is 1. The van der Waals surface area contributed by atoms with E-state index in [0.717, 1.165) is 12.8 Å². The maximum atomic E-state index is 12.5. The third-order valence-electron chi connectivity index (χ3n) is 4.74. The predicted molar refractivity (Wildman–Crippen MR) is 96.2 cm³/mol. The lowest BCUT2D eigenvalue weighted by Gasteiger charge is -2.37. The summed E-state index contributed by atoms with van der Waals surface area (Å²) in [6.45, 7) is 1.99. The van der Waals surface area contributed by atoms with Gasteiger partial charge in [0.25, 0.3) is 5.91 Å². The molecule has 0 atom stereocenters. The van der Waals surface area contributed by atoms with E-state index in [1.54, 1.807) is 35.6 Å². The van der Waals surface area contributed by atoms with E-state index in [-0.39, 0.29) is 11.3 Å². The normalized spacial score (nSPS) is 16.2. The van der Waals surface area contributed by atoms with E-state index in [0.29, 0.717) is 30.9 Å². The van der Waals surface area contributed by atoms with Crippen molar-refractivity contribution in [3.05, 3.63) is 57.8 Å². The van der Waals surface area contributed by atoms with Crippen LogP contribution in [0.15, 0.2) is 41.1 Å². The second kappa shape index (κ2) is 7.80. The molecule has 25 heavy (non-hydrogen) atoms. The molecule has 0 saturated carbocycles. The summed E-state index contributed by atoms with van der Waals surface area (Å²) in [5.74, 6) is -0.553. The summed E-state index contributed by atoms with van der Waals surface area (Å²) in [5.41, 5.74) is 2.15. The molecule has 6 heteroatoms. The highest BCUT2D eigenvalue weighted by molar-refractivity contribution is 7.08. The van der Waals surface area contributed by atoms with E-state index in [2.05, 4.69) is 26.9 Å². The molecular weight excluding hydrogens is 338 g/mol. The third-order valence-corrected chi connectivity index (χ3v) is 5.42. The highest BCUT2D eigenvalue weighted by atomic mass is 32.1. The monoisotopic (exact) mass is 359 g/mol. The average molecular weight is 359 g/mol. The summed E-state index contributed by atoms with van der Waals surface area (Å²) in [4.78, 5) is 24.0. The van der Waals surface area contributed by atoms with Gasteiger partial charge in [-0.15, -0.1) is 0 Å². The summed E-state index contributed by atoms with van der Waals surface area (Å²) in [5, 5.41) is 7.28. The first-order valence-electron chi connectivity index (χ1n) is 8.22. The van der Waals surface area contributed by atoms with Crippen LogP contribution in [-0.2, 0) is 14.9 Å². The first kappa shape index (κ1) is 17.6. The number of amides is 1. The first-order valence-corrected chi connectivity index (χ1v) is 9.16. The van der Waals surface area contributed by atoms with Gasteiger partial charge in [0, 0.05) is 30.7 Å².